The van der Waals surface area contributed by atoms with E-state index in [1.165, 1.54) is 24.3 Å². The number of halogens is 8. The quantitative estimate of drug-likeness (QED) is 0.474. The summed E-state index contributed by atoms with van der Waals surface area (Å²) in [6.07, 6.45) is -18.5. The third-order valence-electron chi connectivity index (χ3n) is 4.17. The molecule has 3 rings (SSSR count). The lowest BCUT2D eigenvalue weighted by Crippen LogP contribution is -2.30. The van der Waals surface area contributed by atoms with Gasteiger partial charge in [-0.2, -0.15) is 26.3 Å². The predicted molar refractivity (Wildman–Crippen MR) is 83.8 cm³/mol. The number of benzene rings is 2. The van der Waals surface area contributed by atoms with E-state index in [0.29, 0.717) is 12.1 Å². The number of hydrogen-bond acceptors (Lipinski definition) is 2. The number of nitrogens with zero attached hydrogens (tertiary/aromatic N) is 1. The number of carbonyl (C=O) groups excluding carboxylic acids is 2. The lowest BCUT2D eigenvalue weighted by Gasteiger charge is -2.21. The highest BCUT2D eigenvalue weighted by Gasteiger charge is 2.46. The minimum absolute atomic E-state index is 0.0674. The van der Waals surface area contributed by atoms with Crippen LogP contribution in [-0.2, 0) is 0 Å². The lowest BCUT2D eigenvalue weighted by molar-refractivity contribution is -0.184. The lowest BCUT2D eigenvalue weighted by atomic mass is 10.0. The van der Waals surface area contributed by atoms with Crippen LogP contribution in [0.5, 0.6) is 0 Å². The van der Waals surface area contributed by atoms with Gasteiger partial charge in [0.1, 0.15) is 0 Å². The molecule has 2 atom stereocenters. The topological polar surface area (TPSA) is 37.4 Å². The Hall–Kier alpha value is -2.98. The average Bonchev–Trinajstić information content (AvgIpc) is 2.89. The summed E-state index contributed by atoms with van der Waals surface area (Å²) in [6.45, 7) is 0. The molecule has 2 aromatic rings. The van der Waals surface area contributed by atoms with Gasteiger partial charge in [-0.25, -0.2) is 13.7 Å². The second-order valence-corrected chi connectivity index (χ2v) is 6.16. The Morgan fingerprint density at radius 3 is 1.41 bits per heavy atom. The SMILES string of the molecule is O=C1c2ccccc2C(=O)N1c1cc(C(F)C(F)(F)F)cc(C(F)C(F)(F)F)c1. The number of alkyl halides is 8. The number of rotatable bonds is 3. The highest BCUT2D eigenvalue weighted by molar-refractivity contribution is 6.34. The number of hydrogen-bond donors (Lipinski definition) is 0. The van der Waals surface area contributed by atoms with Gasteiger partial charge in [0.15, 0.2) is 0 Å². The van der Waals surface area contributed by atoms with Gasteiger partial charge in [0, 0.05) is 0 Å². The van der Waals surface area contributed by atoms with Crippen LogP contribution in [-0.4, -0.2) is 24.2 Å². The first kappa shape index (κ1) is 20.7. The summed E-state index contributed by atoms with van der Waals surface area (Å²) in [5.74, 6) is -2.09. The van der Waals surface area contributed by atoms with Crippen LogP contribution in [0.1, 0.15) is 44.2 Å². The molecule has 1 aliphatic heterocycles. The van der Waals surface area contributed by atoms with Crippen molar-refractivity contribution in [2.75, 3.05) is 4.90 Å². The minimum atomic E-state index is -5.50. The third-order valence-corrected chi connectivity index (χ3v) is 4.17. The second kappa shape index (κ2) is 6.82. The van der Waals surface area contributed by atoms with Crippen LogP contribution in [0.3, 0.4) is 0 Å². The van der Waals surface area contributed by atoms with Gasteiger partial charge in [-0.05, 0) is 41.5 Å². The van der Waals surface area contributed by atoms with Gasteiger partial charge in [-0.15, -0.1) is 0 Å². The third kappa shape index (κ3) is 3.68. The summed E-state index contributed by atoms with van der Waals surface area (Å²) >= 11 is 0. The Labute approximate surface area is 157 Å². The summed E-state index contributed by atoms with van der Waals surface area (Å²) in [6, 6.07) is 6.08. The number of imide groups is 1. The van der Waals surface area contributed by atoms with Gasteiger partial charge in [0.25, 0.3) is 11.8 Å². The van der Waals surface area contributed by atoms with Gasteiger partial charge >= 0.3 is 12.4 Å². The summed E-state index contributed by atoms with van der Waals surface area (Å²) < 4.78 is 104. The maximum absolute atomic E-state index is 13.8. The predicted octanol–water partition coefficient (Wildman–Crippen LogP) is 5.63. The van der Waals surface area contributed by atoms with Gasteiger partial charge in [0.05, 0.1) is 16.8 Å². The van der Waals surface area contributed by atoms with Gasteiger partial charge in [-0.3, -0.25) is 9.59 Å². The molecule has 0 saturated heterocycles. The zero-order chi connectivity index (χ0) is 21.7. The highest BCUT2D eigenvalue weighted by Crippen LogP contribution is 2.43. The zero-order valence-electron chi connectivity index (χ0n) is 14.0. The molecular formula is C18H9F8NO2. The van der Waals surface area contributed by atoms with E-state index in [-0.39, 0.29) is 22.1 Å². The van der Waals surface area contributed by atoms with E-state index in [2.05, 4.69) is 0 Å². The van der Waals surface area contributed by atoms with Crippen molar-refractivity contribution in [2.24, 2.45) is 0 Å². The molecule has 0 spiro atoms. The minimum Gasteiger partial charge on any atom is -0.268 e. The van der Waals surface area contributed by atoms with E-state index in [4.69, 9.17) is 0 Å². The van der Waals surface area contributed by atoms with Crippen LogP contribution in [0, 0.1) is 0 Å². The Bertz CT molecular complexity index is 909. The molecule has 0 fully saturated rings. The van der Waals surface area contributed by atoms with Crippen molar-refractivity contribution >= 4 is 17.5 Å². The molecule has 0 radical (unpaired) electrons. The van der Waals surface area contributed by atoms with Crippen molar-refractivity contribution in [3.05, 3.63) is 64.7 Å². The molecule has 3 nitrogen and oxygen atoms in total. The molecule has 0 aromatic heterocycles. The van der Waals surface area contributed by atoms with Crippen LogP contribution >= 0.6 is 0 Å². The normalized spacial score (nSPS) is 16.8. The van der Waals surface area contributed by atoms with Crippen molar-refractivity contribution in [2.45, 2.75) is 24.7 Å². The fourth-order valence-electron chi connectivity index (χ4n) is 2.88. The van der Waals surface area contributed by atoms with E-state index in [9.17, 15) is 44.7 Å². The molecule has 1 aliphatic rings. The fourth-order valence-corrected chi connectivity index (χ4v) is 2.88. The van der Waals surface area contributed by atoms with E-state index < -0.39 is 53.3 Å². The van der Waals surface area contributed by atoms with Gasteiger partial charge in [-0.1, -0.05) is 12.1 Å². The maximum atomic E-state index is 13.8. The zero-order valence-corrected chi connectivity index (χ0v) is 14.0. The summed E-state index contributed by atoms with van der Waals surface area (Å²) in [5.41, 5.74) is -3.83. The number of amides is 2. The molecule has 0 aliphatic carbocycles. The monoisotopic (exact) mass is 423 g/mol. The first-order valence-corrected chi connectivity index (χ1v) is 7.86. The fraction of sp³-hybridized carbons (Fsp3) is 0.222. The second-order valence-electron chi connectivity index (χ2n) is 6.16. The van der Waals surface area contributed by atoms with E-state index >= 15 is 0 Å². The molecular weight excluding hydrogens is 414 g/mol. The number of anilines is 1. The van der Waals surface area contributed by atoms with Crippen LogP contribution in [0.25, 0.3) is 0 Å². The standard InChI is InChI=1S/C18H9F8NO2/c19-13(17(21,22)23)8-5-9(14(20)18(24,25)26)7-10(6-8)27-15(28)11-3-1-2-4-12(11)16(27)29/h1-7,13-14H. The molecule has 2 amide bonds. The molecule has 154 valence electrons. The van der Waals surface area contributed by atoms with Crippen LogP contribution in [0.2, 0.25) is 0 Å². The summed E-state index contributed by atoms with van der Waals surface area (Å²) in [4.78, 5) is 25.2. The Kier molecular flexibility index (Phi) is 4.88. The average molecular weight is 423 g/mol. The van der Waals surface area contributed by atoms with Crippen LogP contribution < -0.4 is 4.90 Å². The Morgan fingerprint density at radius 2 is 1.07 bits per heavy atom. The first-order chi connectivity index (χ1) is 13.3. The Morgan fingerprint density at radius 1 is 0.690 bits per heavy atom. The summed E-state index contributed by atoms with van der Waals surface area (Å²) in [5, 5.41) is 0. The molecule has 0 saturated carbocycles. The van der Waals surface area contributed by atoms with Crippen molar-refractivity contribution in [1.29, 1.82) is 0 Å². The molecule has 29 heavy (non-hydrogen) atoms. The van der Waals surface area contributed by atoms with Crippen LogP contribution in [0.15, 0.2) is 42.5 Å². The Balaban J connectivity index is 2.16. The number of carbonyl (C=O) groups is 2. The molecule has 2 unspecified atom stereocenters. The summed E-state index contributed by atoms with van der Waals surface area (Å²) in [7, 11) is 0. The highest BCUT2D eigenvalue weighted by atomic mass is 19.4. The van der Waals surface area contributed by atoms with E-state index in [0.717, 1.165) is 0 Å². The van der Waals surface area contributed by atoms with Crippen molar-refractivity contribution < 1.29 is 44.7 Å². The molecule has 0 bridgehead atoms. The van der Waals surface area contributed by atoms with E-state index in [1.54, 1.807) is 0 Å². The maximum Gasteiger partial charge on any atom is 0.423 e. The molecule has 0 N–H and O–H groups in total. The van der Waals surface area contributed by atoms with Crippen molar-refractivity contribution in [3.8, 4) is 0 Å². The van der Waals surface area contributed by atoms with Crippen molar-refractivity contribution in [1.82, 2.24) is 0 Å². The first-order valence-electron chi connectivity index (χ1n) is 7.86. The molecule has 11 heteroatoms. The van der Waals surface area contributed by atoms with Crippen LogP contribution in [0.4, 0.5) is 40.8 Å². The van der Waals surface area contributed by atoms with E-state index in [1.807, 2.05) is 0 Å². The van der Waals surface area contributed by atoms with Gasteiger partial charge < -0.3 is 0 Å². The van der Waals surface area contributed by atoms with Crippen molar-refractivity contribution in [3.63, 3.8) is 0 Å². The number of fused-ring (bicyclic) bond motifs is 1. The molecule has 2 aromatic carbocycles. The van der Waals surface area contributed by atoms with Gasteiger partial charge in [0.2, 0.25) is 12.3 Å². The molecule has 1 heterocycles. The largest absolute Gasteiger partial charge is 0.423 e. The smallest absolute Gasteiger partial charge is 0.268 e.